The third kappa shape index (κ3) is 16.5. The van der Waals surface area contributed by atoms with E-state index < -0.39 is 17.9 Å². The van der Waals surface area contributed by atoms with Gasteiger partial charge < -0.3 is 83.1 Å². The summed E-state index contributed by atoms with van der Waals surface area (Å²) in [6, 6.07) is 33.3. The van der Waals surface area contributed by atoms with Crippen LogP contribution in [0.25, 0.3) is 22.3 Å². The molecule has 6 aromatic rings. The number of carboxylic acids is 3. The van der Waals surface area contributed by atoms with Crippen molar-refractivity contribution in [3.63, 3.8) is 0 Å². The normalized spacial score (nSPS) is 24.0. The fourth-order valence-electron chi connectivity index (χ4n) is 17.4. The smallest absolute Gasteiger partial charge is 0.494 e. The molecule has 0 radical (unpaired) electrons. The number of hydrogen-bond acceptors (Lipinski definition) is 17. The van der Waals surface area contributed by atoms with Gasteiger partial charge in [-0.05, 0) is 225 Å². The van der Waals surface area contributed by atoms with Crippen LogP contribution in [0, 0.1) is 16.2 Å². The van der Waals surface area contributed by atoms with Gasteiger partial charge in [0.2, 0.25) is 0 Å². The highest BCUT2D eigenvalue weighted by Crippen LogP contribution is 2.67. The van der Waals surface area contributed by atoms with Crippen molar-refractivity contribution >= 4 is 64.1 Å². The van der Waals surface area contributed by atoms with Gasteiger partial charge in [0.1, 0.15) is 69.5 Å². The van der Waals surface area contributed by atoms with Crippen LogP contribution in [0.5, 0.6) is 34.5 Å². The Morgan fingerprint density at radius 1 is 0.431 bits per heavy atom. The largest absolute Gasteiger partial charge is 0.507 e. The SMILES string of the molecule is CC1(C)OB(c2ccc(C3CC34CCN(C(=O)[C@H]3CCCO3)CC4)cc2)OC1(C)C.COc1cc(O)c(C(=O)O)cc1-c1ccc([C@@H]2CC23CCN(C(=O)[C@H]2CCCO2)CC3)cc1.COc1cc(O)c(C(=O)O)cc1-c1ccc([C@H]2CC23CCN(C(=O)[C@H]2CCCO2)CC3)cc1.COc1cc(O)c(C(=O)O)cc1Br. The first-order chi connectivity index (χ1) is 52.1. The first-order valence-corrected chi connectivity index (χ1v) is 38.9. The van der Waals surface area contributed by atoms with Crippen molar-refractivity contribution in [2.45, 2.75) is 171 Å². The molecule has 0 aromatic heterocycles. The van der Waals surface area contributed by atoms with Crippen molar-refractivity contribution in [1.82, 2.24) is 14.7 Å². The lowest BCUT2D eigenvalue weighted by Gasteiger charge is -2.34. The van der Waals surface area contributed by atoms with Crippen LogP contribution in [0.4, 0.5) is 0 Å². The maximum Gasteiger partial charge on any atom is 0.494 e. The molecular formula is C84H99BBrN3O20. The lowest BCUT2D eigenvalue weighted by Crippen LogP contribution is -2.44. The number of piperidine rings is 3. The van der Waals surface area contributed by atoms with Crippen LogP contribution >= 0.6 is 15.9 Å². The molecule has 25 heteroatoms. The molecule has 1 unspecified atom stereocenters. The predicted molar refractivity (Wildman–Crippen MR) is 409 cm³/mol. The number of rotatable bonds is 15. The molecule has 7 saturated heterocycles. The number of halogens is 1. The molecule has 3 aliphatic carbocycles. The summed E-state index contributed by atoms with van der Waals surface area (Å²) in [5, 5.41) is 56.5. The Morgan fingerprint density at radius 2 is 0.725 bits per heavy atom. The molecule has 3 saturated carbocycles. The number of carboxylic acid groups (broad SMARTS) is 3. The van der Waals surface area contributed by atoms with E-state index in [0.29, 0.717) is 69.2 Å². The van der Waals surface area contributed by atoms with Gasteiger partial charge in [-0.3, -0.25) is 14.4 Å². The third-order valence-electron chi connectivity index (χ3n) is 25.1. The molecule has 10 aliphatic rings. The van der Waals surface area contributed by atoms with Crippen LogP contribution in [0.3, 0.4) is 0 Å². The molecule has 16 rings (SSSR count). The third-order valence-corrected chi connectivity index (χ3v) is 25.7. The number of carbonyl (C=O) groups is 6. The Hall–Kier alpha value is -8.72. The number of likely N-dealkylation sites (tertiary alicyclic amines) is 3. The fourth-order valence-corrected chi connectivity index (χ4v) is 17.9. The number of carbonyl (C=O) groups excluding carboxylic acids is 3. The summed E-state index contributed by atoms with van der Waals surface area (Å²) in [4.78, 5) is 77.3. The quantitative estimate of drug-likeness (QED) is 0.0520. The molecule has 3 amide bonds. The Morgan fingerprint density at radius 3 is 1.01 bits per heavy atom. The number of hydrogen-bond donors (Lipinski definition) is 6. The van der Waals surface area contributed by atoms with Crippen molar-refractivity contribution < 1.29 is 97.1 Å². The van der Waals surface area contributed by atoms with Gasteiger partial charge in [0.25, 0.3) is 17.7 Å². The summed E-state index contributed by atoms with van der Waals surface area (Å²) in [5.74, 6) is -1.12. The number of phenols is 3. The van der Waals surface area contributed by atoms with Crippen molar-refractivity contribution in [2.75, 3.05) is 80.4 Å². The summed E-state index contributed by atoms with van der Waals surface area (Å²) >= 11 is 3.11. The van der Waals surface area contributed by atoms with Gasteiger partial charge in [0.15, 0.2) is 0 Å². The lowest BCUT2D eigenvalue weighted by molar-refractivity contribution is -0.143. The minimum absolute atomic E-state index is 0.152. The Kier molecular flexibility index (Phi) is 23.0. The van der Waals surface area contributed by atoms with Gasteiger partial charge in [-0.15, -0.1) is 0 Å². The molecule has 10 fully saturated rings. The van der Waals surface area contributed by atoms with Gasteiger partial charge in [-0.2, -0.15) is 0 Å². The second-order valence-electron chi connectivity index (χ2n) is 31.9. The molecule has 0 bridgehead atoms. The Balaban J connectivity index is 0.000000133. The summed E-state index contributed by atoms with van der Waals surface area (Å²) in [5.41, 5.74) is 7.83. The van der Waals surface area contributed by atoms with Crippen LogP contribution in [0.1, 0.15) is 190 Å². The Bertz CT molecular complexity index is 4170. The zero-order valence-electron chi connectivity index (χ0n) is 63.0. The number of benzene rings is 6. The summed E-state index contributed by atoms with van der Waals surface area (Å²) < 4.78 is 45.2. The molecule has 23 nitrogen and oxygen atoms in total. The minimum Gasteiger partial charge on any atom is -0.507 e. The minimum atomic E-state index is -1.18. The van der Waals surface area contributed by atoms with Crippen molar-refractivity contribution in [2.24, 2.45) is 16.2 Å². The fraction of sp³-hybridized carbons (Fsp3) is 0.500. The van der Waals surface area contributed by atoms with E-state index in [1.54, 1.807) is 0 Å². The van der Waals surface area contributed by atoms with Crippen molar-refractivity contribution in [1.29, 1.82) is 0 Å². The number of amides is 3. The second kappa shape index (κ2) is 31.9. The average molecular weight is 1560 g/mol. The molecule has 580 valence electrons. The van der Waals surface area contributed by atoms with Crippen LogP contribution in [-0.2, 0) is 37.9 Å². The van der Waals surface area contributed by atoms with Gasteiger partial charge >= 0.3 is 25.0 Å². The van der Waals surface area contributed by atoms with Crippen molar-refractivity contribution in [3.8, 4) is 56.8 Å². The van der Waals surface area contributed by atoms with E-state index in [9.17, 15) is 54.3 Å². The topological polar surface area (TPSA) is 307 Å². The zero-order valence-corrected chi connectivity index (χ0v) is 64.6. The standard InChI is InChI=1S/2C26H29NO6.C24H34BNO4.C8H7BrO4/c2*1-32-23-14-21(28)19(25(30)31)13-18(23)16-4-6-17(7-5-16)20-15-26(20)8-10-27(11-9-26)24(29)22-3-2-12-33-22;1-22(2)23(3,4)30-25(29-22)18-9-7-17(8-10-18)19-16-24(19)11-13-26(14-12-24)21(27)20-6-5-15-28-20;1-13-7-3-6(10)4(8(11)12)2-5(7)9/h2*4-7,13-14,20,22,28H,2-3,8-12,15H2,1H3,(H,30,31);7-10,19-20H,5-6,11-16H2,1-4H3;2-3,10H,1H3,(H,11,12)/t20-,22+;20-,22-;19?,20-;/m011./s1. The van der Waals surface area contributed by atoms with Gasteiger partial charge in [0.05, 0.1) is 37.0 Å². The molecule has 7 heterocycles. The molecule has 6 atom stereocenters. The molecule has 7 aliphatic heterocycles. The van der Waals surface area contributed by atoms with Gasteiger partial charge in [0, 0.05) is 88.4 Å². The summed E-state index contributed by atoms with van der Waals surface area (Å²) in [6.07, 6.45) is 14.7. The Labute approximate surface area is 644 Å². The number of methoxy groups -OCH3 is 3. The molecule has 3 spiro atoms. The van der Waals surface area contributed by atoms with Crippen LogP contribution in [-0.4, -0.2) is 198 Å². The lowest BCUT2D eigenvalue weighted by atomic mass is 9.78. The number of aromatic carboxylic acids is 3. The molecule has 6 N–H and O–H groups in total. The summed E-state index contributed by atoms with van der Waals surface area (Å²) in [6.45, 7) is 15.4. The maximum atomic E-state index is 12.6. The van der Waals surface area contributed by atoms with Gasteiger partial charge in [-0.1, -0.05) is 72.8 Å². The number of ether oxygens (including phenoxy) is 6. The number of nitrogens with zero attached hydrogens (tertiary/aromatic N) is 3. The molecule has 6 aromatic carbocycles. The van der Waals surface area contributed by atoms with E-state index in [0.717, 1.165) is 152 Å². The predicted octanol–water partition coefficient (Wildman–Crippen LogP) is 13.2. The number of aromatic hydroxyl groups is 3. The first kappa shape index (κ1) is 78.4. The monoisotopic (exact) mass is 1560 g/mol. The first-order valence-electron chi connectivity index (χ1n) is 38.1. The van der Waals surface area contributed by atoms with Crippen LogP contribution in [0.15, 0.2) is 114 Å². The summed E-state index contributed by atoms with van der Waals surface area (Å²) in [7, 11) is 4.12. The highest BCUT2D eigenvalue weighted by Gasteiger charge is 2.59. The zero-order chi connectivity index (χ0) is 77.5. The van der Waals surface area contributed by atoms with E-state index in [4.69, 9.17) is 42.8 Å². The van der Waals surface area contributed by atoms with Gasteiger partial charge in [-0.25, -0.2) is 14.4 Å². The van der Waals surface area contributed by atoms with E-state index in [2.05, 4.69) is 92.2 Å². The average Bonchev–Trinajstić information content (AvgIpc) is 1.58. The van der Waals surface area contributed by atoms with E-state index in [1.807, 2.05) is 39.0 Å². The van der Waals surface area contributed by atoms with E-state index in [1.165, 1.54) is 80.8 Å². The molecule has 109 heavy (non-hydrogen) atoms. The van der Waals surface area contributed by atoms with Crippen LogP contribution in [0.2, 0.25) is 0 Å². The second-order valence-corrected chi connectivity index (χ2v) is 32.8. The van der Waals surface area contributed by atoms with E-state index in [-0.39, 0.29) is 99.1 Å². The van der Waals surface area contributed by atoms with E-state index >= 15 is 0 Å². The van der Waals surface area contributed by atoms with Crippen LogP contribution < -0.4 is 19.7 Å². The molecular weight excluding hydrogens is 1460 g/mol. The highest BCUT2D eigenvalue weighted by molar-refractivity contribution is 9.10. The van der Waals surface area contributed by atoms with Crippen molar-refractivity contribution in [3.05, 3.63) is 147 Å². The maximum absolute atomic E-state index is 12.6. The highest BCUT2D eigenvalue weighted by atomic mass is 79.9.